The van der Waals surface area contributed by atoms with E-state index in [9.17, 15) is 22.3 Å². The molecule has 106 valence electrons. The number of rotatable bonds is 3. The fourth-order valence-electron chi connectivity index (χ4n) is 1.47. The molecule has 0 saturated heterocycles. The minimum absolute atomic E-state index is 0.0319. The molecule has 2 aromatic carbocycles. The molecule has 0 radical (unpaired) electrons. The second-order valence-corrected chi connectivity index (χ2v) is 5.90. The topological polar surface area (TPSA) is 66.4 Å². The van der Waals surface area contributed by atoms with Crippen molar-refractivity contribution >= 4 is 27.3 Å². The van der Waals surface area contributed by atoms with Crippen LogP contribution in [0.3, 0.4) is 0 Å². The number of phenols is 1. The fourth-order valence-corrected chi connectivity index (χ4v) is 2.73. The van der Waals surface area contributed by atoms with Crippen LogP contribution in [0.15, 0.2) is 41.3 Å². The van der Waals surface area contributed by atoms with Crippen LogP contribution in [-0.4, -0.2) is 13.5 Å². The lowest BCUT2D eigenvalue weighted by atomic mass is 10.3. The van der Waals surface area contributed by atoms with Crippen molar-refractivity contribution in [2.45, 2.75) is 4.90 Å². The van der Waals surface area contributed by atoms with E-state index in [4.69, 9.17) is 11.6 Å². The van der Waals surface area contributed by atoms with Crippen molar-refractivity contribution in [1.82, 2.24) is 0 Å². The second kappa shape index (κ2) is 5.26. The third-order valence-corrected chi connectivity index (χ3v) is 4.10. The van der Waals surface area contributed by atoms with Crippen molar-refractivity contribution in [2.75, 3.05) is 4.72 Å². The Kier molecular flexibility index (Phi) is 3.82. The van der Waals surface area contributed by atoms with Crippen molar-refractivity contribution in [3.8, 4) is 5.75 Å². The van der Waals surface area contributed by atoms with Gasteiger partial charge in [-0.2, -0.15) is 0 Å². The van der Waals surface area contributed by atoms with Gasteiger partial charge in [-0.1, -0.05) is 11.6 Å². The van der Waals surface area contributed by atoms with Crippen LogP contribution in [0, 0.1) is 11.6 Å². The summed E-state index contributed by atoms with van der Waals surface area (Å²) in [5, 5.41) is 9.40. The molecule has 0 saturated carbocycles. The summed E-state index contributed by atoms with van der Waals surface area (Å²) in [4.78, 5) is -0.827. The smallest absolute Gasteiger partial charge is 0.264 e. The van der Waals surface area contributed by atoms with Gasteiger partial charge in [0, 0.05) is 6.07 Å². The van der Waals surface area contributed by atoms with Crippen molar-refractivity contribution in [3.05, 3.63) is 53.1 Å². The summed E-state index contributed by atoms with van der Waals surface area (Å²) in [6, 6.07) is 5.67. The highest BCUT2D eigenvalue weighted by Crippen LogP contribution is 2.28. The van der Waals surface area contributed by atoms with E-state index >= 15 is 0 Å². The lowest BCUT2D eigenvalue weighted by Crippen LogP contribution is -2.14. The maximum atomic E-state index is 13.5. The van der Waals surface area contributed by atoms with Crippen LogP contribution in [-0.2, 0) is 10.0 Å². The van der Waals surface area contributed by atoms with E-state index in [2.05, 4.69) is 0 Å². The van der Waals surface area contributed by atoms with Crippen molar-refractivity contribution in [2.24, 2.45) is 0 Å². The number of hydrogen-bond donors (Lipinski definition) is 2. The molecule has 20 heavy (non-hydrogen) atoms. The standard InChI is InChI=1S/C12H8ClF2NO3S/c13-9-3-2-8(6-11(9)17)16-20(18,19)12-5-7(14)1-4-10(12)15/h1-6,16-17H. The molecule has 0 spiro atoms. The number of aromatic hydroxyl groups is 1. The summed E-state index contributed by atoms with van der Waals surface area (Å²) in [6.07, 6.45) is 0. The van der Waals surface area contributed by atoms with Gasteiger partial charge in [-0.3, -0.25) is 4.72 Å². The molecular formula is C12H8ClF2NO3S. The van der Waals surface area contributed by atoms with Crippen LogP contribution in [0.2, 0.25) is 5.02 Å². The number of sulfonamides is 1. The Hall–Kier alpha value is -1.86. The Morgan fingerprint density at radius 2 is 1.80 bits per heavy atom. The zero-order chi connectivity index (χ0) is 14.9. The van der Waals surface area contributed by atoms with Crippen LogP contribution >= 0.6 is 11.6 Å². The molecule has 0 atom stereocenters. The Morgan fingerprint density at radius 3 is 2.45 bits per heavy atom. The van der Waals surface area contributed by atoms with Crippen molar-refractivity contribution < 1.29 is 22.3 Å². The van der Waals surface area contributed by atoms with E-state index in [1.807, 2.05) is 4.72 Å². The van der Waals surface area contributed by atoms with E-state index in [1.165, 1.54) is 12.1 Å². The number of benzene rings is 2. The second-order valence-electron chi connectivity index (χ2n) is 3.85. The molecule has 2 aromatic rings. The minimum atomic E-state index is -4.32. The summed E-state index contributed by atoms with van der Waals surface area (Å²) in [6.45, 7) is 0. The summed E-state index contributed by atoms with van der Waals surface area (Å²) < 4.78 is 52.4. The van der Waals surface area contributed by atoms with Gasteiger partial charge in [-0.15, -0.1) is 0 Å². The Balaban J connectivity index is 2.40. The Labute approximate surface area is 118 Å². The van der Waals surface area contributed by atoms with Gasteiger partial charge in [0.1, 0.15) is 22.3 Å². The average molecular weight is 320 g/mol. The molecule has 4 nitrogen and oxygen atoms in total. The third-order valence-electron chi connectivity index (χ3n) is 2.38. The van der Waals surface area contributed by atoms with Crippen LogP contribution in [0.5, 0.6) is 5.75 Å². The van der Waals surface area contributed by atoms with E-state index in [-0.39, 0.29) is 16.5 Å². The average Bonchev–Trinajstić information content (AvgIpc) is 2.36. The first kappa shape index (κ1) is 14.5. The van der Waals surface area contributed by atoms with Crippen LogP contribution in [0.1, 0.15) is 0 Å². The Morgan fingerprint density at radius 1 is 1.10 bits per heavy atom. The maximum absolute atomic E-state index is 13.5. The molecule has 2 rings (SSSR count). The highest BCUT2D eigenvalue weighted by atomic mass is 35.5. The van der Waals surface area contributed by atoms with Gasteiger partial charge in [-0.25, -0.2) is 17.2 Å². The molecule has 0 aliphatic carbocycles. The number of phenolic OH excluding ortho intramolecular Hbond substituents is 1. The lowest BCUT2D eigenvalue weighted by molar-refractivity contribution is 0.476. The van der Waals surface area contributed by atoms with Crippen LogP contribution in [0.25, 0.3) is 0 Å². The summed E-state index contributed by atoms with van der Waals surface area (Å²) >= 11 is 5.58. The van der Waals surface area contributed by atoms with E-state index in [0.717, 1.165) is 12.1 Å². The van der Waals surface area contributed by atoms with Gasteiger partial charge >= 0.3 is 0 Å². The third kappa shape index (κ3) is 3.00. The molecule has 0 heterocycles. The normalized spacial score (nSPS) is 11.3. The van der Waals surface area contributed by atoms with Gasteiger partial charge in [-0.05, 0) is 30.3 Å². The van der Waals surface area contributed by atoms with E-state index < -0.39 is 26.6 Å². The predicted molar refractivity (Wildman–Crippen MR) is 70.3 cm³/mol. The van der Waals surface area contributed by atoms with Crippen LogP contribution < -0.4 is 4.72 Å². The molecule has 0 bridgehead atoms. The van der Waals surface area contributed by atoms with Gasteiger partial charge < -0.3 is 5.11 Å². The fraction of sp³-hybridized carbons (Fsp3) is 0. The summed E-state index contributed by atoms with van der Waals surface area (Å²) in [7, 11) is -4.32. The monoisotopic (exact) mass is 319 g/mol. The maximum Gasteiger partial charge on any atom is 0.264 e. The van der Waals surface area contributed by atoms with Crippen molar-refractivity contribution in [1.29, 1.82) is 0 Å². The summed E-state index contributed by atoms with van der Waals surface area (Å²) in [5.74, 6) is -2.31. The zero-order valence-electron chi connectivity index (χ0n) is 9.77. The molecule has 0 amide bonds. The molecule has 8 heteroatoms. The highest BCUT2D eigenvalue weighted by molar-refractivity contribution is 7.92. The molecule has 0 aromatic heterocycles. The quantitative estimate of drug-likeness (QED) is 0.913. The summed E-state index contributed by atoms with van der Waals surface area (Å²) in [5.41, 5.74) is -0.0319. The molecule has 0 fully saturated rings. The van der Waals surface area contributed by atoms with Gasteiger partial charge in [0.2, 0.25) is 0 Å². The number of anilines is 1. The Bertz CT molecular complexity index is 765. The largest absolute Gasteiger partial charge is 0.506 e. The molecule has 0 aliphatic heterocycles. The predicted octanol–water partition coefficient (Wildman–Crippen LogP) is 3.12. The first-order valence-corrected chi connectivity index (χ1v) is 7.12. The number of halogens is 3. The zero-order valence-corrected chi connectivity index (χ0v) is 11.3. The molecule has 0 aliphatic rings. The molecule has 0 unspecified atom stereocenters. The molecular weight excluding hydrogens is 312 g/mol. The highest BCUT2D eigenvalue weighted by Gasteiger charge is 2.20. The van der Waals surface area contributed by atoms with E-state index in [1.54, 1.807) is 0 Å². The van der Waals surface area contributed by atoms with Gasteiger partial charge in [0.25, 0.3) is 10.0 Å². The van der Waals surface area contributed by atoms with Gasteiger partial charge in [0.05, 0.1) is 10.7 Å². The van der Waals surface area contributed by atoms with Crippen molar-refractivity contribution in [3.63, 3.8) is 0 Å². The SMILES string of the molecule is O=S(=O)(Nc1ccc(Cl)c(O)c1)c1cc(F)ccc1F. The first-order chi connectivity index (χ1) is 9.29. The van der Waals surface area contributed by atoms with Crippen LogP contribution in [0.4, 0.5) is 14.5 Å². The molecule has 2 N–H and O–H groups in total. The minimum Gasteiger partial charge on any atom is -0.506 e. The lowest BCUT2D eigenvalue weighted by Gasteiger charge is -2.09. The van der Waals surface area contributed by atoms with E-state index in [0.29, 0.717) is 12.1 Å². The number of nitrogens with one attached hydrogen (secondary N) is 1. The number of hydrogen-bond acceptors (Lipinski definition) is 3. The first-order valence-electron chi connectivity index (χ1n) is 5.26. The van der Waals surface area contributed by atoms with Gasteiger partial charge in [0.15, 0.2) is 0 Å².